The van der Waals surface area contributed by atoms with Crippen LogP contribution in [0.4, 0.5) is 17.1 Å². The number of hydrogen-bond acceptors (Lipinski definition) is 6. The minimum atomic E-state index is -0.648. The van der Waals surface area contributed by atoms with Crippen LogP contribution < -0.4 is 10.6 Å². The van der Waals surface area contributed by atoms with Crippen molar-refractivity contribution in [1.29, 1.82) is 0 Å². The lowest BCUT2D eigenvalue weighted by atomic mass is 10.1. The van der Waals surface area contributed by atoms with Gasteiger partial charge < -0.3 is 20.1 Å². The summed E-state index contributed by atoms with van der Waals surface area (Å²) >= 11 is 6.09. The van der Waals surface area contributed by atoms with Gasteiger partial charge >= 0.3 is 11.9 Å². The molecular formula is C26H25ClN2O5. The molecule has 1 amide bonds. The summed E-state index contributed by atoms with van der Waals surface area (Å²) in [5.41, 5.74) is 2.14. The van der Waals surface area contributed by atoms with Gasteiger partial charge in [0.2, 0.25) is 0 Å². The fourth-order valence-electron chi connectivity index (χ4n) is 3.00. The van der Waals surface area contributed by atoms with Gasteiger partial charge in [0.15, 0.2) is 6.61 Å². The van der Waals surface area contributed by atoms with Gasteiger partial charge in [-0.3, -0.25) is 4.79 Å². The Balaban J connectivity index is 1.59. The van der Waals surface area contributed by atoms with Gasteiger partial charge in [-0.15, -0.1) is 0 Å². The Labute approximate surface area is 203 Å². The maximum Gasteiger partial charge on any atom is 0.340 e. The van der Waals surface area contributed by atoms with Crippen molar-refractivity contribution >= 4 is 46.5 Å². The number of unbranched alkanes of at least 4 members (excludes halogenated alkanes) is 1. The van der Waals surface area contributed by atoms with E-state index in [2.05, 4.69) is 10.6 Å². The van der Waals surface area contributed by atoms with Gasteiger partial charge in [0.25, 0.3) is 5.91 Å². The molecule has 176 valence electrons. The van der Waals surface area contributed by atoms with Gasteiger partial charge in [-0.2, -0.15) is 0 Å². The average molecular weight is 481 g/mol. The van der Waals surface area contributed by atoms with Crippen LogP contribution in [-0.2, 0) is 14.3 Å². The van der Waals surface area contributed by atoms with Crippen molar-refractivity contribution in [1.82, 2.24) is 0 Å². The van der Waals surface area contributed by atoms with Crippen molar-refractivity contribution in [2.24, 2.45) is 0 Å². The number of para-hydroxylation sites is 2. The number of carbonyl (C=O) groups is 3. The molecule has 34 heavy (non-hydrogen) atoms. The molecule has 3 rings (SSSR count). The van der Waals surface area contributed by atoms with Crippen LogP contribution in [0.25, 0.3) is 0 Å². The molecule has 8 heteroatoms. The highest BCUT2D eigenvalue weighted by Crippen LogP contribution is 2.23. The molecule has 0 heterocycles. The van der Waals surface area contributed by atoms with E-state index in [9.17, 15) is 14.4 Å². The average Bonchev–Trinajstić information content (AvgIpc) is 2.85. The summed E-state index contributed by atoms with van der Waals surface area (Å²) in [5.74, 6) is -1.77. The van der Waals surface area contributed by atoms with Crippen LogP contribution in [0.2, 0.25) is 5.02 Å². The molecule has 0 aromatic heterocycles. The van der Waals surface area contributed by atoms with E-state index in [1.807, 2.05) is 37.3 Å². The molecular weight excluding hydrogens is 456 g/mol. The molecule has 0 unspecified atom stereocenters. The van der Waals surface area contributed by atoms with Gasteiger partial charge in [0, 0.05) is 11.4 Å². The molecule has 0 saturated carbocycles. The van der Waals surface area contributed by atoms with Crippen molar-refractivity contribution in [2.45, 2.75) is 19.8 Å². The SMILES string of the molecule is CCCCOC(=O)c1cc(NC(=O)COC(=O)c2ccccc2Nc2ccccc2)ccc1Cl. The molecule has 3 aromatic rings. The first-order chi connectivity index (χ1) is 16.5. The van der Waals surface area contributed by atoms with E-state index < -0.39 is 24.5 Å². The number of anilines is 3. The normalized spacial score (nSPS) is 10.3. The quantitative estimate of drug-likeness (QED) is 0.280. The summed E-state index contributed by atoms with van der Waals surface area (Å²) in [7, 11) is 0. The summed E-state index contributed by atoms with van der Waals surface area (Å²) in [6, 6.07) is 20.7. The Morgan fingerprint density at radius 1 is 0.824 bits per heavy atom. The molecule has 0 bridgehead atoms. The van der Waals surface area contributed by atoms with E-state index in [0.29, 0.717) is 23.5 Å². The first-order valence-corrected chi connectivity index (χ1v) is 11.2. The molecule has 0 atom stereocenters. The van der Waals surface area contributed by atoms with Crippen LogP contribution in [0, 0.1) is 0 Å². The Bertz CT molecular complexity index is 1150. The maximum absolute atomic E-state index is 12.6. The zero-order valence-electron chi connectivity index (χ0n) is 18.7. The molecule has 0 fully saturated rings. The van der Waals surface area contributed by atoms with E-state index in [-0.39, 0.29) is 10.6 Å². The van der Waals surface area contributed by atoms with Gasteiger partial charge in [-0.1, -0.05) is 55.3 Å². The van der Waals surface area contributed by atoms with E-state index in [1.165, 1.54) is 12.1 Å². The number of hydrogen-bond donors (Lipinski definition) is 2. The molecule has 3 aromatic carbocycles. The minimum absolute atomic E-state index is 0.147. The van der Waals surface area contributed by atoms with Crippen molar-refractivity contribution < 1.29 is 23.9 Å². The summed E-state index contributed by atoms with van der Waals surface area (Å²) in [4.78, 5) is 37.2. The van der Waals surface area contributed by atoms with E-state index in [4.69, 9.17) is 21.1 Å². The summed E-state index contributed by atoms with van der Waals surface area (Å²) in [5, 5.41) is 5.97. The summed E-state index contributed by atoms with van der Waals surface area (Å²) < 4.78 is 10.4. The molecule has 0 radical (unpaired) electrons. The zero-order chi connectivity index (χ0) is 24.3. The smallest absolute Gasteiger partial charge is 0.340 e. The van der Waals surface area contributed by atoms with Crippen LogP contribution >= 0.6 is 11.6 Å². The Morgan fingerprint density at radius 3 is 2.29 bits per heavy atom. The van der Waals surface area contributed by atoms with E-state index in [0.717, 1.165) is 18.5 Å². The molecule has 0 saturated heterocycles. The second kappa shape index (κ2) is 12.4. The van der Waals surface area contributed by atoms with E-state index in [1.54, 1.807) is 30.3 Å². The topological polar surface area (TPSA) is 93.7 Å². The monoisotopic (exact) mass is 480 g/mol. The predicted molar refractivity (Wildman–Crippen MR) is 132 cm³/mol. The maximum atomic E-state index is 12.6. The molecule has 0 aliphatic carbocycles. The van der Waals surface area contributed by atoms with Gasteiger partial charge in [-0.05, 0) is 48.9 Å². The Kier molecular flexibility index (Phi) is 9.05. The van der Waals surface area contributed by atoms with Crippen molar-refractivity contribution in [3.63, 3.8) is 0 Å². The van der Waals surface area contributed by atoms with Crippen LogP contribution in [0.15, 0.2) is 72.8 Å². The highest BCUT2D eigenvalue weighted by atomic mass is 35.5. The molecule has 2 N–H and O–H groups in total. The summed E-state index contributed by atoms with van der Waals surface area (Å²) in [6.07, 6.45) is 1.64. The number of ether oxygens (including phenoxy) is 2. The zero-order valence-corrected chi connectivity index (χ0v) is 19.4. The highest BCUT2D eigenvalue weighted by Gasteiger charge is 2.16. The van der Waals surface area contributed by atoms with Gasteiger partial charge in [0.05, 0.1) is 28.4 Å². The van der Waals surface area contributed by atoms with Crippen LogP contribution in [0.1, 0.15) is 40.5 Å². The van der Waals surface area contributed by atoms with Crippen LogP contribution in [0.5, 0.6) is 0 Å². The molecule has 0 spiro atoms. The van der Waals surface area contributed by atoms with Crippen molar-refractivity contribution in [3.05, 3.63) is 88.9 Å². The van der Waals surface area contributed by atoms with Crippen molar-refractivity contribution in [3.8, 4) is 0 Å². The second-order valence-electron chi connectivity index (χ2n) is 7.35. The molecule has 0 aliphatic heterocycles. The lowest BCUT2D eigenvalue weighted by Gasteiger charge is -2.12. The standard InChI is InChI=1S/C26H25ClN2O5/c1-2-3-15-33-26(32)21-16-19(13-14-22(21)27)29-24(30)17-34-25(31)20-11-7-8-12-23(20)28-18-9-5-4-6-10-18/h4-14,16,28H,2-3,15,17H2,1H3,(H,29,30). The molecule has 7 nitrogen and oxygen atoms in total. The predicted octanol–water partition coefficient (Wildman–Crippen LogP) is 5.84. The van der Waals surface area contributed by atoms with Gasteiger partial charge in [0.1, 0.15) is 0 Å². The summed E-state index contributed by atoms with van der Waals surface area (Å²) in [6.45, 7) is 1.78. The third-order valence-corrected chi connectivity index (χ3v) is 5.06. The molecule has 0 aliphatic rings. The Morgan fingerprint density at radius 2 is 1.53 bits per heavy atom. The number of amides is 1. The highest BCUT2D eigenvalue weighted by molar-refractivity contribution is 6.33. The van der Waals surface area contributed by atoms with Crippen molar-refractivity contribution in [2.75, 3.05) is 23.8 Å². The number of halogens is 1. The fourth-order valence-corrected chi connectivity index (χ4v) is 3.19. The van der Waals surface area contributed by atoms with Crippen LogP contribution in [0.3, 0.4) is 0 Å². The fraction of sp³-hybridized carbons (Fsp3) is 0.192. The number of nitrogens with one attached hydrogen (secondary N) is 2. The number of carbonyl (C=O) groups excluding carboxylic acids is 3. The van der Waals surface area contributed by atoms with Crippen LogP contribution in [-0.4, -0.2) is 31.1 Å². The third-order valence-electron chi connectivity index (χ3n) is 4.74. The Hall–Kier alpha value is -3.84. The number of rotatable bonds is 10. The number of benzene rings is 3. The van der Waals surface area contributed by atoms with E-state index >= 15 is 0 Å². The second-order valence-corrected chi connectivity index (χ2v) is 7.75. The third kappa shape index (κ3) is 7.08. The largest absolute Gasteiger partial charge is 0.462 e. The lowest BCUT2D eigenvalue weighted by Crippen LogP contribution is -2.21. The number of esters is 2. The first kappa shape index (κ1) is 24.8. The van der Waals surface area contributed by atoms with Gasteiger partial charge in [-0.25, -0.2) is 9.59 Å². The lowest BCUT2D eigenvalue weighted by molar-refractivity contribution is -0.119. The minimum Gasteiger partial charge on any atom is -0.462 e. The first-order valence-electron chi connectivity index (χ1n) is 10.8.